The largest absolute Gasteiger partial charge is 0.369 e. The summed E-state index contributed by atoms with van der Waals surface area (Å²) >= 11 is 0. The van der Waals surface area contributed by atoms with Crippen molar-refractivity contribution in [3.05, 3.63) is 40.1 Å². The zero-order valence-electron chi connectivity index (χ0n) is 14.9. The Labute approximate surface area is 151 Å². The molecule has 0 atom stereocenters. The summed E-state index contributed by atoms with van der Waals surface area (Å²) in [5.41, 5.74) is 2.20. The zero-order valence-corrected chi connectivity index (χ0v) is 14.9. The van der Waals surface area contributed by atoms with Gasteiger partial charge in [0.25, 0.3) is 5.69 Å². The number of hydrogen-bond acceptors (Lipinski definition) is 5. The predicted molar refractivity (Wildman–Crippen MR) is 99.3 cm³/mol. The molecule has 0 N–H and O–H groups in total. The lowest BCUT2D eigenvalue weighted by atomic mass is 10.1. The molecular weight excluding hydrogens is 332 g/mol. The Bertz CT molecular complexity index is 878. The van der Waals surface area contributed by atoms with E-state index in [1.165, 1.54) is 6.07 Å². The summed E-state index contributed by atoms with van der Waals surface area (Å²) in [5, 5.41) is 12.2. The van der Waals surface area contributed by atoms with Crippen molar-refractivity contribution in [2.45, 2.75) is 26.2 Å². The Morgan fingerprint density at radius 1 is 1.23 bits per heavy atom. The highest BCUT2D eigenvalue weighted by Gasteiger charge is 2.34. The van der Waals surface area contributed by atoms with Crippen LogP contribution in [0.15, 0.2) is 24.3 Å². The van der Waals surface area contributed by atoms with Crippen molar-refractivity contribution >= 4 is 28.2 Å². The molecule has 2 heterocycles. The van der Waals surface area contributed by atoms with Crippen molar-refractivity contribution in [1.82, 2.24) is 9.88 Å². The molecule has 2 aliphatic rings. The molecule has 1 aliphatic carbocycles. The highest BCUT2D eigenvalue weighted by molar-refractivity contribution is 5.97. The second kappa shape index (κ2) is 6.55. The molecular formula is C19H22N4O3. The lowest BCUT2D eigenvalue weighted by Crippen LogP contribution is -2.36. The van der Waals surface area contributed by atoms with Gasteiger partial charge in [-0.15, -0.1) is 0 Å². The molecule has 2 aromatic rings. The van der Waals surface area contributed by atoms with Crippen LogP contribution in [-0.4, -0.2) is 46.9 Å². The fraction of sp³-hybridized carbons (Fsp3) is 0.474. The Morgan fingerprint density at radius 3 is 2.77 bits per heavy atom. The average Bonchev–Trinajstić information content (AvgIpc) is 3.46. The van der Waals surface area contributed by atoms with E-state index in [1.54, 1.807) is 6.07 Å². The van der Waals surface area contributed by atoms with Crippen LogP contribution in [0.25, 0.3) is 10.9 Å². The van der Waals surface area contributed by atoms with Gasteiger partial charge in [-0.3, -0.25) is 14.9 Å². The Morgan fingerprint density at radius 2 is 2.04 bits per heavy atom. The van der Waals surface area contributed by atoms with E-state index < -0.39 is 0 Å². The summed E-state index contributed by atoms with van der Waals surface area (Å²) in [6.45, 7) is 4.91. The quantitative estimate of drug-likeness (QED) is 0.625. The number of para-hydroxylation sites is 1. The molecule has 1 aliphatic heterocycles. The number of anilines is 1. The second-order valence-corrected chi connectivity index (χ2v) is 7.15. The maximum Gasteiger partial charge on any atom is 0.295 e. The van der Waals surface area contributed by atoms with Crippen LogP contribution in [0.5, 0.6) is 0 Å². The molecule has 0 radical (unpaired) electrons. The predicted octanol–water partition coefficient (Wildman–Crippen LogP) is 2.90. The molecule has 7 heteroatoms. The number of amides is 1. The Balaban J connectivity index is 1.66. The lowest BCUT2D eigenvalue weighted by Gasteiger charge is -2.25. The third-order valence-corrected chi connectivity index (χ3v) is 5.20. The van der Waals surface area contributed by atoms with Gasteiger partial charge in [-0.2, -0.15) is 0 Å². The van der Waals surface area contributed by atoms with Gasteiger partial charge in [-0.1, -0.05) is 12.1 Å². The molecule has 0 unspecified atom stereocenters. The zero-order chi connectivity index (χ0) is 18.3. The minimum Gasteiger partial charge on any atom is -0.369 e. The number of hydrogen-bond donors (Lipinski definition) is 0. The monoisotopic (exact) mass is 354 g/mol. The van der Waals surface area contributed by atoms with Gasteiger partial charge >= 0.3 is 0 Å². The minimum atomic E-state index is -0.378. The molecule has 2 fully saturated rings. The number of nitro benzene ring substituents is 1. The minimum absolute atomic E-state index is 0.0350. The smallest absolute Gasteiger partial charge is 0.295 e. The second-order valence-electron chi connectivity index (χ2n) is 7.15. The first-order chi connectivity index (χ1) is 12.5. The van der Waals surface area contributed by atoms with Crippen molar-refractivity contribution in [2.24, 2.45) is 5.92 Å². The van der Waals surface area contributed by atoms with Crippen molar-refractivity contribution in [3.8, 4) is 0 Å². The van der Waals surface area contributed by atoms with Crippen molar-refractivity contribution < 1.29 is 9.72 Å². The number of carbonyl (C=O) groups excluding carboxylic acids is 1. The van der Waals surface area contributed by atoms with Crippen molar-refractivity contribution in [3.63, 3.8) is 0 Å². The molecule has 1 amide bonds. The molecule has 1 saturated carbocycles. The van der Waals surface area contributed by atoms with Gasteiger partial charge in [-0.25, -0.2) is 4.98 Å². The summed E-state index contributed by atoms with van der Waals surface area (Å²) in [5.74, 6) is 0.534. The molecule has 1 saturated heterocycles. The lowest BCUT2D eigenvalue weighted by molar-refractivity contribution is -0.383. The number of non-ortho nitro benzene ring substituents is 1. The molecule has 26 heavy (non-hydrogen) atoms. The number of nitro groups is 1. The van der Waals surface area contributed by atoms with E-state index in [1.807, 2.05) is 24.0 Å². The van der Waals surface area contributed by atoms with Gasteiger partial charge in [0.05, 0.1) is 4.92 Å². The normalized spacial score (nSPS) is 18.0. The Hall–Kier alpha value is -2.70. The van der Waals surface area contributed by atoms with E-state index >= 15 is 0 Å². The van der Waals surface area contributed by atoms with E-state index in [4.69, 9.17) is 0 Å². The van der Waals surface area contributed by atoms with Crippen molar-refractivity contribution in [2.75, 3.05) is 31.1 Å². The summed E-state index contributed by atoms with van der Waals surface area (Å²) < 4.78 is 0. The topological polar surface area (TPSA) is 79.6 Å². The molecule has 7 nitrogen and oxygen atoms in total. The van der Waals surface area contributed by atoms with Crippen LogP contribution in [-0.2, 0) is 4.79 Å². The van der Waals surface area contributed by atoms with Gasteiger partial charge in [0.15, 0.2) is 5.52 Å². The van der Waals surface area contributed by atoms with E-state index in [-0.39, 0.29) is 16.5 Å². The van der Waals surface area contributed by atoms with Crippen LogP contribution in [0.1, 0.15) is 25.0 Å². The molecule has 136 valence electrons. The number of nitrogens with zero attached hydrogens (tertiary/aromatic N) is 4. The number of carbonyl (C=O) groups is 1. The third-order valence-electron chi connectivity index (χ3n) is 5.20. The van der Waals surface area contributed by atoms with E-state index in [9.17, 15) is 14.9 Å². The number of aromatic nitrogens is 1. The summed E-state index contributed by atoms with van der Waals surface area (Å²) in [4.78, 5) is 32.0. The summed E-state index contributed by atoms with van der Waals surface area (Å²) in [6, 6.07) is 7.09. The fourth-order valence-electron chi connectivity index (χ4n) is 3.72. The van der Waals surface area contributed by atoms with Crippen LogP contribution in [0.3, 0.4) is 0 Å². The van der Waals surface area contributed by atoms with Gasteiger partial charge in [0, 0.05) is 54.9 Å². The number of benzene rings is 1. The third kappa shape index (κ3) is 3.09. The maximum absolute atomic E-state index is 12.4. The van der Waals surface area contributed by atoms with Crippen LogP contribution >= 0.6 is 0 Å². The molecule has 4 rings (SSSR count). The van der Waals surface area contributed by atoms with Gasteiger partial charge in [0.2, 0.25) is 5.91 Å². The highest BCUT2D eigenvalue weighted by atomic mass is 16.6. The van der Waals surface area contributed by atoms with Crippen LogP contribution in [0, 0.1) is 23.0 Å². The average molecular weight is 354 g/mol. The molecule has 1 aromatic carbocycles. The number of fused-ring (bicyclic) bond motifs is 1. The van der Waals surface area contributed by atoms with Gasteiger partial charge in [0.1, 0.15) is 0 Å². The molecule has 0 spiro atoms. The fourth-order valence-corrected chi connectivity index (χ4v) is 3.72. The van der Waals surface area contributed by atoms with Gasteiger partial charge in [-0.05, 0) is 32.3 Å². The first kappa shape index (κ1) is 16.8. The molecule has 1 aromatic heterocycles. The van der Waals surface area contributed by atoms with E-state index in [0.29, 0.717) is 18.0 Å². The number of aryl methyl sites for hydroxylation is 1. The summed E-state index contributed by atoms with van der Waals surface area (Å²) in [6.07, 6.45) is 2.95. The number of rotatable bonds is 3. The number of pyridine rings is 1. The van der Waals surface area contributed by atoms with Crippen molar-refractivity contribution in [1.29, 1.82) is 0 Å². The first-order valence-electron chi connectivity index (χ1n) is 9.13. The first-order valence-corrected chi connectivity index (χ1v) is 9.13. The van der Waals surface area contributed by atoms with Crippen LogP contribution < -0.4 is 4.90 Å². The van der Waals surface area contributed by atoms with E-state index in [0.717, 1.165) is 55.7 Å². The molecule has 0 bridgehead atoms. The highest BCUT2D eigenvalue weighted by Crippen LogP contribution is 2.34. The maximum atomic E-state index is 12.4. The SMILES string of the molecule is Cc1cc(N2CCCN(C(=O)C3CC3)CC2)c2cccc([N+](=O)[O-])c2n1. The van der Waals surface area contributed by atoms with Crippen LogP contribution in [0.2, 0.25) is 0 Å². The van der Waals surface area contributed by atoms with Crippen LogP contribution in [0.4, 0.5) is 11.4 Å². The Kier molecular flexibility index (Phi) is 4.22. The standard InChI is InChI=1S/C19H22N4O3/c1-13-12-17(15-4-2-5-16(23(25)26)18(15)20-13)21-8-3-9-22(11-10-21)19(24)14-6-7-14/h2,4-5,12,14H,3,6-11H2,1H3. The van der Waals surface area contributed by atoms with Gasteiger partial charge < -0.3 is 9.80 Å². The summed E-state index contributed by atoms with van der Waals surface area (Å²) in [7, 11) is 0. The van der Waals surface area contributed by atoms with E-state index in [2.05, 4.69) is 9.88 Å².